The van der Waals surface area contributed by atoms with Crippen LogP contribution in [0.5, 0.6) is 0 Å². The third-order valence-electron chi connectivity index (χ3n) is 12.7. The van der Waals surface area contributed by atoms with Crippen molar-refractivity contribution in [1.82, 2.24) is 18.3 Å². The second-order valence-electron chi connectivity index (χ2n) is 18.9. The molecule has 4 unspecified atom stereocenters. The van der Waals surface area contributed by atoms with Gasteiger partial charge in [0.1, 0.15) is 18.4 Å². The highest BCUT2D eigenvalue weighted by atomic mass is 32.2. The lowest BCUT2D eigenvalue weighted by Crippen LogP contribution is -2.59. The Labute approximate surface area is 350 Å². The number of ether oxygens (including phenoxy) is 2. The van der Waals surface area contributed by atoms with Crippen molar-refractivity contribution in [3.05, 3.63) is 86.7 Å². The topological polar surface area (TPSA) is 263 Å². The molecule has 5 heterocycles. The summed E-state index contributed by atoms with van der Waals surface area (Å²) < 4.78 is 62.7. The van der Waals surface area contributed by atoms with Gasteiger partial charge in [-0.2, -0.15) is 8.42 Å². The van der Waals surface area contributed by atoms with Crippen molar-refractivity contribution in [2.75, 3.05) is 13.2 Å². The molecule has 0 amide bonds. The van der Waals surface area contributed by atoms with E-state index in [2.05, 4.69) is 30.8 Å². The second-order valence-corrected chi connectivity index (χ2v) is 29.9. The normalized spacial score (nSPS) is 27.1. The molecule has 23 heteroatoms. The van der Waals surface area contributed by atoms with Gasteiger partial charge in [0.05, 0.1) is 36.5 Å². The predicted molar refractivity (Wildman–Crippen MR) is 227 cm³/mol. The first-order valence-electron chi connectivity index (χ1n) is 19.9. The number of aliphatic hydroxyl groups is 1. The van der Waals surface area contributed by atoms with E-state index in [9.17, 15) is 32.7 Å². The lowest BCUT2D eigenvalue weighted by molar-refractivity contribution is -0.0567. The Morgan fingerprint density at radius 1 is 0.933 bits per heavy atom. The van der Waals surface area contributed by atoms with E-state index in [0.29, 0.717) is 0 Å². The summed E-state index contributed by atoms with van der Waals surface area (Å²) in [5.74, 6) is 0. The minimum Gasteiger partial charge on any atom is -0.414 e. The first-order valence-corrected chi connectivity index (χ1v) is 27.2. The Morgan fingerprint density at radius 3 is 1.95 bits per heavy atom. The smallest absolute Gasteiger partial charge is 0.333 e. The monoisotopic (exact) mass is 896 g/mol. The zero-order chi connectivity index (χ0) is 45.1. The summed E-state index contributed by atoms with van der Waals surface area (Å²) in [7, 11) is -9.68. The molecule has 0 bridgehead atoms. The van der Waals surface area contributed by atoms with Crippen molar-refractivity contribution in [2.24, 2.45) is 10.8 Å². The minimum atomic E-state index is -4.34. The fourth-order valence-corrected chi connectivity index (χ4v) is 10.6. The predicted octanol–water partition coefficient (Wildman–Crippen LogP) is 3.21. The molecule has 2 saturated heterocycles. The molecule has 60 heavy (non-hydrogen) atoms. The van der Waals surface area contributed by atoms with E-state index in [4.69, 9.17) is 33.8 Å². The van der Waals surface area contributed by atoms with Gasteiger partial charge in [-0.1, -0.05) is 46.7 Å². The molecule has 0 saturated carbocycles. The molecule has 20 nitrogen and oxygen atoms in total. The van der Waals surface area contributed by atoms with E-state index >= 15 is 0 Å². The number of nitrogens with zero attached hydrogens (tertiary/aromatic N) is 7. The highest BCUT2D eigenvalue weighted by molar-refractivity contribution is 7.90. The summed E-state index contributed by atoms with van der Waals surface area (Å²) in [6, 6.07) is -0.740. The zero-order valence-corrected chi connectivity index (χ0v) is 39.3. The minimum absolute atomic E-state index is 0.0251. The number of aryl methyl sites for hydroxylation is 2. The van der Waals surface area contributed by atoms with Gasteiger partial charge < -0.3 is 29.2 Å². The van der Waals surface area contributed by atoms with Gasteiger partial charge in [-0.15, -0.1) is 0 Å². The van der Waals surface area contributed by atoms with E-state index in [1.54, 1.807) is 0 Å². The van der Waals surface area contributed by atoms with Gasteiger partial charge in [0.25, 0.3) is 21.2 Å². The summed E-state index contributed by atoms with van der Waals surface area (Å²) in [5, 5.41) is 13.6. The largest absolute Gasteiger partial charge is 0.414 e. The number of nitrogens with two attached hydrogens (primary N) is 1. The molecule has 3 aliphatic rings. The molecule has 3 N–H and O–H groups in total. The average molecular weight is 897 g/mol. The van der Waals surface area contributed by atoms with Crippen molar-refractivity contribution < 1.29 is 36.0 Å². The van der Waals surface area contributed by atoms with E-state index in [1.165, 1.54) is 35.4 Å². The molecule has 2 aromatic heterocycles. The van der Waals surface area contributed by atoms with Crippen LogP contribution < -0.4 is 28.2 Å². The zero-order valence-electron chi connectivity index (χ0n) is 36.5. The average Bonchev–Trinajstić information content (AvgIpc) is 3.75. The number of aliphatic hydroxyl groups excluding tert-OH is 1. The number of rotatable bonds is 13. The highest BCUT2D eigenvalue weighted by Crippen LogP contribution is 2.52. The number of hydrogen-bond donors (Lipinski definition) is 2. The Bertz CT molecular complexity index is 2420. The van der Waals surface area contributed by atoms with Crippen molar-refractivity contribution in [2.45, 2.75) is 160 Å². The highest BCUT2D eigenvalue weighted by Gasteiger charge is 2.67. The van der Waals surface area contributed by atoms with Crippen LogP contribution in [0.4, 0.5) is 0 Å². The van der Waals surface area contributed by atoms with E-state index in [0.717, 1.165) is 14.5 Å². The molecular formula is C37H60N8O12SSi2. The maximum Gasteiger partial charge on any atom is 0.333 e. The van der Waals surface area contributed by atoms with Crippen molar-refractivity contribution >= 4 is 26.8 Å². The first-order chi connectivity index (χ1) is 27.5. The van der Waals surface area contributed by atoms with Crippen LogP contribution in [0.15, 0.2) is 47.8 Å². The SMILES string of the molecule is Cc1cn(C2C[C@H](N=[N+]=[N-])[C@@H](CO)O2)c(=O)n(CCCn2c(=O)c(C)cn(C3OC(CO[Si](C)(C)C(C)(C)C)C4(OS(=O)(=O)C=C4N)[C@H]3O[Si](C)(C)C(C)(C)C)c2=O)c1=O. The quantitative estimate of drug-likeness (QED) is 0.0963. The van der Waals surface area contributed by atoms with Crippen molar-refractivity contribution in [1.29, 1.82) is 0 Å². The van der Waals surface area contributed by atoms with Gasteiger partial charge in [-0.3, -0.25) is 27.9 Å². The van der Waals surface area contributed by atoms with Crippen LogP contribution in [0, 0.1) is 13.8 Å². The van der Waals surface area contributed by atoms with Crippen molar-refractivity contribution in [3.8, 4) is 0 Å². The molecule has 7 atom stereocenters. The molecule has 2 fully saturated rings. The fourth-order valence-electron chi connectivity index (χ4n) is 7.14. The third-order valence-corrected chi connectivity index (χ3v) is 22.7. The molecule has 3 aliphatic heterocycles. The number of azide groups is 1. The summed E-state index contributed by atoms with van der Waals surface area (Å²) in [6.45, 7) is 22.1. The van der Waals surface area contributed by atoms with Gasteiger partial charge in [0.2, 0.25) is 0 Å². The van der Waals surface area contributed by atoms with Crippen LogP contribution in [0.2, 0.25) is 36.3 Å². The Hall–Kier alpha value is -3.65. The van der Waals surface area contributed by atoms with Crippen LogP contribution in [0.25, 0.3) is 10.4 Å². The van der Waals surface area contributed by atoms with Crippen LogP contribution in [-0.4, -0.2) is 91.6 Å². The van der Waals surface area contributed by atoms with E-state index in [-0.39, 0.29) is 54.4 Å². The first kappa shape index (κ1) is 47.4. The van der Waals surface area contributed by atoms with E-state index in [1.807, 2.05) is 47.0 Å². The van der Waals surface area contributed by atoms with Crippen LogP contribution in [0.3, 0.4) is 0 Å². The van der Waals surface area contributed by atoms with Gasteiger partial charge >= 0.3 is 11.4 Å². The Kier molecular flexibility index (Phi) is 13.1. The van der Waals surface area contributed by atoms with Crippen LogP contribution in [0.1, 0.15) is 78.0 Å². The van der Waals surface area contributed by atoms with E-state index < -0.39 is 103 Å². The number of aromatic nitrogens is 4. The molecule has 0 radical (unpaired) electrons. The second kappa shape index (κ2) is 16.6. The van der Waals surface area contributed by atoms with Crippen LogP contribution >= 0.6 is 0 Å². The third kappa shape index (κ3) is 8.70. The molecule has 0 aliphatic carbocycles. The summed E-state index contributed by atoms with van der Waals surface area (Å²) in [5.41, 5.74) is 11.0. The fraction of sp³-hybridized carbons (Fsp3) is 0.730. The molecule has 2 aromatic rings. The van der Waals surface area contributed by atoms with Gasteiger partial charge in [-0.05, 0) is 62.1 Å². The number of hydrogen-bond acceptors (Lipinski definition) is 14. The standard InChI is InChI=1S/C37H60N8O12SSi2/c1-22-17-44(28-16-24(40-41-39)25(19-46)54-28)33(49)42(30(22)47)14-13-15-43-31(48)23(2)18-45(34(43)50)32-29(56-60(11,12)36(6,7)8)37(26(38)21-58(51,52)57-37)27(55-32)20-53-59(9,10)35(3,4)5/h17-18,21,24-25,27-29,32,46H,13-16,19-20,38H2,1-12H3/t24-,25+,27?,28?,29-,32?,37?/m0/s1. The lowest BCUT2D eigenvalue weighted by Gasteiger charge is -2.43. The summed E-state index contributed by atoms with van der Waals surface area (Å²) in [6.07, 6.45) is -2.91. The lowest BCUT2D eigenvalue weighted by atomic mass is 9.89. The Balaban J connectivity index is 1.56. The molecule has 5 rings (SSSR count). The summed E-state index contributed by atoms with van der Waals surface area (Å²) >= 11 is 0. The maximum atomic E-state index is 14.6. The van der Waals surface area contributed by atoms with Crippen molar-refractivity contribution in [3.63, 3.8) is 0 Å². The van der Waals surface area contributed by atoms with Gasteiger partial charge in [0, 0.05) is 47.9 Å². The molecule has 1 spiro atoms. The van der Waals surface area contributed by atoms with Crippen LogP contribution in [-0.2, 0) is 45.7 Å². The van der Waals surface area contributed by atoms with Gasteiger partial charge in [0.15, 0.2) is 28.5 Å². The summed E-state index contributed by atoms with van der Waals surface area (Å²) in [4.78, 5) is 58.1. The molecule has 334 valence electrons. The maximum absolute atomic E-state index is 14.6. The van der Waals surface area contributed by atoms with Gasteiger partial charge in [-0.25, -0.2) is 13.8 Å². The molecule has 0 aromatic carbocycles. The Morgan fingerprint density at radius 2 is 1.47 bits per heavy atom. The molecular weight excluding hydrogens is 837 g/mol.